The van der Waals surface area contributed by atoms with E-state index in [-0.39, 0.29) is 0 Å². The third-order valence-corrected chi connectivity index (χ3v) is 3.25. The van der Waals surface area contributed by atoms with Crippen LogP contribution < -0.4 is 10.6 Å². The quantitative estimate of drug-likeness (QED) is 0.658. The van der Waals surface area contributed by atoms with Gasteiger partial charge in [0.2, 0.25) is 0 Å². The van der Waals surface area contributed by atoms with Crippen molar-refractivity contribution in [3.8, 4) is 0 Å². The Kier molecular flexibility index (Phi) is 8.39. The van der Waals surface area contributed by atoms with Gasteiger partial charge in [0, 0.05) is 12.4 Å². The van der Waals surface area contributed by atoms with Crippen molar-refractivity contribution in [2.75, 3.05) is 13.6 Å². The molecular formula is C20H26N2. The average molecular weight is 294 g/mol. The van der Waals surface area contributed by atoms with Crippen LogP contribution in [0.25, 0.3) is 5.57 Å². The van der Waals surface area contributed by atoms with Gasteiger partial charge >= 0.3 is 0 Å². The Balaban J connectivity index is 2.65. The molecule has 0 saturated carbocycles. The van der Waals surface area contributed by atoms with Gasteiger partial charge < -0.3 is 10.6 Å². The largest absolute Gasteiger partial charge is 0.367 e. The van der Waals surface area contributed by atoms with Crippen LogP contribution in [0, 0.1) is 0 Å². The summed E-state index contributed by atoms with van der Waals surface area (Å²) in [5, 5.41) is 6.34. The van der Waals surface area contributed by atoms with Crippen LogP contribution in [0.3, 0.4) is 0 Å². The fraction of sp³-hybridized carbons (Fsp3) is 0.200. The third-order valence-electron chi connectivity index (χ3n) is 3.25. The summed E-state index contributed by atoms with van der Waals surface area (Å²) in [5.41, 5.74) is 4.56. The zero-order valence-corrected chi connectivity index (χ0v) is 13.6. The molecule has 0 bridgehead atoms. The topological polar surface area (TPSA) is 24.1 Å². The smallest absolute Gasteiger partial charge is 0.00397 e. The van der Waals surface area contributed by atoms with E-state index in [4.69, 9.17) is 0 Å². The Morgan fingerprint density at radius 3 is 2.55 bits per heavy atom. The van der Waals surface area contributed by atoms with Gasteiger partial charge in [0.05, 0.1) is 0 Å². The van der Waals surface area contributed by atoms with Gasteiger partial charge in [0.25, 0.3) is 0 Å². The van der Waals surface area contributed by atoms with E-state index < -0.39 is 0 Å². The summed E-state index contributed by atoms with van der Waals surface area (Å²) in [6.45, 7) is 10.8. The Morgan fingerprint density at radius 1 is 1.23 bits per heavy atom. The Morgan fingerprint density at radius 2 is 1.95 bits per heavy atom. The van der Waals surface area contributed by atoms with E-state index in [1.807, 2.05) is 62.8 Å². The summed E-state index contributed by atoms with van der Waals surface area (Å²) in [4.78, 5) is 0. The van der Waals surface area contributed by atoms with E-state index in [0.717, 1.165) is 29.7 Å². The van der Waals surface area contributed by atoms with Gasteiger partial charge in [0.1, 0.15) is 0 Å². The number of benzene rings is 1. The molecule has 0 amide bonds. The van der Waals surface area contributed by atoms with Crippen molar-refractivity contribution in [3.05, 3.63) is 90.8 Å². The number of allylic oxidation sites excluding steroid dienone is 5. The van der Waals surface area contributed by atoms with Crippen LogP contribution in [0.1, 0.15) is 18.9 Å². The normalized spacial score (nSPS) is 12.5. The fourth-order valence-corrected chi connectivity index (χ4v) is 1.94. The molecule has 1 rings (SSSR count). The van der Waals surface area contributed by atoms with Crippen molar-refractivity contribution in [1.29, 1.82) is 0 Å². The van der Waals surface area contributed by atoms with Crippen LogP contribution in [0.4, 0.5) is 0 Å². The van der Waals surface area contributed by atoms with Crippen LogP contribution in [-0.2, 0) is 0 Å². The predicted octanol–water partition coefficient (Wildman–Crippen LogP) is 4.43. The van der Waals surface area contributed by atoms with Crippen molar-refractivity contribution >= 4 is 5.57 Å². The maximum Gasteiger partial charge on any atom is 0.00397 e. The second kappa shape index (κ2) is 10.4. The molecule has 2 N–H and O–H groups in total. The van der Waals surface area contributed by atoms with Gasteiger partial charge in [-0.15, -0.1) is 0 Å². The molecule has 0 aliphatic carbocycles. The molecule has 2 nitrogen and oxygen atoms in total. The first-order valence-electron chi connectivity index (χ1n) is 7.49. The van der Waals surface area contributed by atoms with E-state index in [9.17, 15) is 0 Å². The third kappa shape index (κ3) is 6.42. The molecular weight excluding hydrogens is 268 g/mol. The van der Waals surface area contributed by atoms with Crippen molar-refractivity contribution in [1.82, 2.24) is 10.6 Å². The highest BCUT2D eigenvalue weighted by molar-refractivity contribution is 5.74. The first-order valence-corrected chi connectivity index (χ1v) is 7.49. The molecule has 0 unspecified atom stereocenters. The van der Waals surface area contributed by atoms with Gasteiger partial charge in [-0.3, -0.25) is 0 Å². The lowest BCUT2D eigenvalue weighted by Gasteiger charge is -2.06. The maximum atomic E-state index is 4.00. The molecule has 0 aliphatic rings. The molecule has 0 atom stereocenters. The minimum atomic E-state index is 0.943. The summed E-state index contributed by atoms with van der Waals surface area (Å²) >= 11 is 0. The summed E-state index contributed by atoms with van der Waals surface area (Å²) in [6.07, 6.45) is 10.8. The lowest BCUT2D eigenvalue weighted by atomic mass is 10.1. The average Bonchev–Trinajstić information content (AvgIpc) is 2.54. The molecule has 0 aliphatic heterocycles. The van der Waals surface area contributed by atoms with Crippen LogP contribution >= 0.6 is 0 Å². The van der Waals surface area contributed by atoms with Gasteiger partial charge in [-0.25, -0.2) is 0 Å². The molecule has 1 aromatic rings. The Hall–Kier alpha value is -2.32. The lowest BCUT2D eigenvalue weighted by molar-refractivity contribution is 0.785. The highest BCUT2D eigenvalue weighted by Crippen LogP contribution is 2.14. The fourth-order valence-electron chi connectivity index (χ4n) is 1.94. The molecule has 2 heteroatoms. The van der Waals surface area contributed by atoms with Crippen LogP contribution in [-0.4, -0.2) is 13.6 Å². The molecule has 22 heavy (non-hydrogen) atoms. The number of hydrogen-bond donors (Lipinski definition) is 2. The standard InChI is InChI=1S/C20H26N2/c1-5-18(19-10-7-6-8-11-19)12-9-14-22-16-20(17(2)3)13-15-21-4/h5-12,14,16,21-22H,1-2,13,15H2,3-4H3/b14-9+,18-12+,20-16-. The monoisotopic (exact) mass is 294 g/mol. The summed E-state index contributed by atoms with van der Waals surface area (Å²) in [6, 6.07) is 10.2. The minimum absolute atomic E-state index is 0.943. The van der Waals surface area contributed by atoms with Crippen LogP contribution in [0.15, 0.2) is 85.3 Å². The number of hydrogen-bond acceptors (Lipinski definition) is 2. The van der Waals surface area contributed by atoms with Gasteiger partial charge in [-0.05, 0) is 49.7 Å². The SMILES string of the molecule is C=C/C(=C\C=C\N/C=C(/CCNC)C(=C)C)c1ccccc1. The van der Waals surface area contributed by atoms with Gasteiger partial charge in [0.15, 0.2) is 0 Å². The minimum Gasteiger partial charge on any atom is -0.367 e. The second-order valence-corrected chi connectivity index (χ2v) is 5.02. The highest BCUT2D eigenvalue weighted by atomic mass is 14.8. The number of rotatable bonds is 9. The zero-order chi connectivity index (χ0) is 16.2. The van der Waals surface area contributed by atoms with E-state index in [0.29, 0.717) is 0 Å². The van der Waals surface area contributed by atoms with Crippen LogP contribution in [0.5, 0.6) is 0 Å². The zero-order valence-electron chi connectivity index (χ0n) is 13.6. The summed E-state index contributed by atoms with van der Waals surface area (Å²) in [7, 11) is 1.95. The summed E-state index contributed by atoms with van der Waals surface area (Å²) < 4.78 is 0. The van der Waals surface area contributed by atoms with Crippen LogP contribution in [0.2, 0.25) is 0 Å². The highest BCUT2D eigenvalue weighted by Gasteiger charge is 1.96. The predicted molar refractivity (Wildman–Crippen MR) is 98.3 cm³/mol. The van der Waals surface area contributed by atoms with Crippen molar-refractivity contribution in [2.24, 2.45) is 0 Å². The van der Waals surface area contributed by atoms with Gasteiger partial charge in [-0.1, -0.05) is 61.2 Å². The second-order valence-electron chi connectivity index (χ2n) is 5.02. The van der Waals surface area contributed by atoms with E-state index >= 15 is 0 Å². The van der Waals surface area contributed by atoms with Crippen molar-refractivity contribution in [2.45, 2.75) is 13.3 Å². The summed E-state index contributed by atoms with van der Waals surface area (Å²) in [5.74, 6) is 0. The number of nitrogens with one attached hydrogen (secondary N) is 2. The molecule has 0 aromatic heterocycles. The lowest BCUT2D eigenvalue weighted by Crippen LogP contribution is -2.09. The van der Waals surface area contributed by atoms with Gasteiger partial charge in [-0.2, -0.15) is 0 Å². The molecule has 0 radical (unpaired) electrons. The van der Waals surface area contributed by atoms with E-state index in [1.54, 1.807) is 0 Å². The Bertz CT molecular complexity index is 563. The molecule has 0 fully saturated rings. The first-order chi connectivity index (χ1) is 10.7. The molecule has 116 valence electrons. The van der Waals surface area contributed by atoms with E-state index in [2.05, 4.69) is 35.9 Å². The molecule has 0 spiro atoms. The maximum absolute atomic E-state index is 4.00. The Labute approximate surface area is 134 Å². The molecule has 0 saturated heterocycles. The van der Waals surface area contributed by atoms with Crippen molar-refractivity contribution in [3.63, 3.8) is 0 Å². The van der Waals surface area contributed by atoms with E-state index in [1.165, 1.54) is 5.57 Å². The molecule has 1 aromatic carbocycles. The molecule has 0 heterocycles. The first kappa shape index (κ1) is 17.7. The van der Waals surface area contributed by atoms with Crippen molar-refractivity contribution < 1.29 is 0 Å².